The number of hydrogen-bond acceptors (Lipinski definition) is 3. The van der Waals surface area contributed by atoms with Gasteiger partial charge in [-0.15, -0.1) is 0 Å². The van der Waals surface area contributed by atoms with Crippen molar-refractivity contribution < 1.29 is 4.74 Å². The van der Waals surface area contributed by atoms with Gasteiger partial charge in [0.15, 0.2) is 0 Å². The zero-order chi connectivity index (χ0) is 13.0. The lowest BCUT2D eigenvalue weighted by atomic mass is 10.1. The minimum atomic E-state index is 0.276. The van der Waals surface area contributed by atoms with Crippen molar-refractivity contribution >= 4 is 15.9 Å². The zero-order valence-electron chi connectivity index (χ0n) is 10.4. The molecule has 0 bridgehead atoms. The van der Waals surface area contributed by atoms with Crippen molar-refractivity contribution in [2.45, 2.75) is 13.0 Å². The van der Waals surface area contributed by atoms with Crippen molar-refractivity contribution in [3.63, 3.8) is 0 Å². The first-order valence-corrected chi connectivity index (χ1v) is 6.55. The van der Waals surface area contributed by atoms with Gasteiger partial charge >= 0.3 is 0 Å². The van der Waals surface area contributed by atoms with Gasteiger partial charge in [0, 0.05) is 22.8 Å². The van der Waals surface area contributed by atoms with Crippen LogP contribution in [0.1, 0.15) is 18.5 Å². The molecule has 1 atom stereocenters. The lowest BCUT2D eigenvalue weighted by Gasteiger charge is -2.11. The number of hydrogen-bond donors (Lipinski definition) is 1. The molecule has 0 fully saturated rings. The molecule has 0 saturated carbocycles. The predicted molar refractivity (Wildman–Crippen MR) is 75.9 cm³/mol. The van der Waals surface area contributed by atoms with E-state index in [0.29, 0.717) is 5.88 Å². The largest absolute Gasteiger partial charge is 0.439 e. The average molecular weight is 307 g/mol. The van der Waals surface area contributed by atoms with Crippen LogP contribution in [0, 0.1) is 0 Å². The number of aromatic nitrogens is 1. The maximum absolute atomic E-state index is 5.73. The molecule has 0 saturated heterocycles. The average Bonchev–Trinajstić information content (AvgIpc) is 2.38. The fraction of sp³-hybridized carbons (Fsp3) is 0.214. The Balaban J connectivity index is 2.19. The highest BCUT2D eigenvalue weighted by Gasteiger charge is 2.05. The third kappa shape index (κ3) is 3.31. The number of nitrogens with zero attached hydrogens (tertiary/aromatic N) is 1. The molecule has 2 rings (SSSR count). The van der Waals surface area contributed by atoms with Gasteiger partial charge in [0.1, 0.15) is 5.75 Å². The second-order valence-electron chi connectivity index (χ2n) is 4.00. The first-order valence-electron chi connectivity index (χ1n) is 5.75. The lowest BCUT2D eigenvalue weighted by molar-refractivity contribution is 0.460. The Hall–Kier alpha value is -1.39. The molecule has 0 radical (unpaired) electrons. The summed E-state index contributed by atoms with van der Waals surface area (Å²) in [5, 5.41) is 3.19. The van der Waals surface area contributed by atoms with Crippen LogP contribution in [0.2, 0.25) is 0 Å². The molecular formula is C14H15BrN2O. The van der Waals surface area contributed by atoms with E-state index in [1.54, 1.807) is 6.20 Å². The molecule has 1 aromatic carbocycles. The van der Waals surface area contributed by atoms with Crippen LogP contribution in [0.15, 0.2) is 47.1 Å². The van der Waals surface area contributed by atoms with Crippen molar-refractivity contribution in [3.8, 4) is 11.6 Å². The first-order chi connectivity index (χ1) is 8.69. The summed E-state index contributed by atoms with van der Waals surface area (Å²) in [5.74, 6) is 1.37. The maximum Gasteiger partial charge on any atom is 0.219 e. The van der Waals surface area contributed by atoms with Crippen molar-refractivity contribution in [2.75, 3.05) is 7.05 Å². The summed E-state index contributed by atoms with van der Waals surface area (Å²) < 4.78 is 6.71. The van der Waals surface area contributed by atoms with Gasteiger partial charge in [-0.25, -0.2) is 4.98 Å². The molecule has 2 aromatic rings. The van der Waals surface area contributed by atoms with Crippen molar-refractivity contribution in [1.29, 1.82) is 0 Å². The molecule has 1 aromatic heterocycles. The monoisotopic (exact) mass is 306 g/mol. The smallest absolute Gasteiger partial charge is 0.219 e. The van der Waals surface area contributed by atoms with Crippen LogP contribution in [-0.2, 0) is 0 Å². The molecule has 0 spiro atoms. The second kappa shape index (κ2) is 5.98. The van der Waals surface area contributed by atoms with E-state index in [0.717, 1.165) is 15.8 Å². The van der Waals surface area contributed by atoms with Crippen LogP contribution in [0.3, 0.4) is 0 Å². The molecular weight excluding hydrogens is 292 g/mol. The van der Waals surface area contributed by atoms with Gasteiger partial charge in [0.25, 0.3) is 0 Å². The van der Waals surface area contributed by atoms with E-state index in [9.17, 15) is 0 Å². The Kier molecular flexibility index (Phi) is 4.33. The molecule has 1 N–H and O–H groups in total. The highest BCUT2D eigenvalue weighted by Crippen LogP contribution is 2.24. The van der Waals surface area contributed by atoms with Gasteiger partial charge in [-0.2, -0.15) is 0 Å². The number of halogens is 1. The second-order valence-corrected chi connectivity index (χ2v) is 4.91. The van der Waals surface area contributed by atoms with Gasteiger partial charge in [-0.1, -0.05) is 22.0 Å². The van der Waals surface area contributed by atoms with E-state index in [2.05, 4.69) is 33.2 Å². The van der Waals surface area contributed by atoms with E-state index in [1.807, 2.05) is 43.4 Å². The Morgan fingerprint density at radius 3 is 2.83 bits per heavy atom. The summed E-state index contributed by atoms with van der Waals surface area (Å²) in [7, 11) is 1.93. The predicted octanol–water partition coefficient (Wildman–Crippen LogP) is 3.92. The number of pyridine rings is 1. The quantitative estimate of drug-likeness (QED) is 0.929. The normalized spacial score (nSPS) is 12.2. The van der Waals surface area contributed by atoms with E-state index in [4.69, 9.17) is 4.74 Å². The van der Waals surface area contributed by atoms with Gasteiger partial charge in [-0.05, 0) is 43.8 Å². The molecule has 0 aliphatic carbocycles. The molecule has 0 amide bonds. The van der Waals surface area contributed by atoms with E-state index < -0.39 is 0 Å². The van der Waals surface area contributed by atoms with E-state index in [1.165, 1.54) is 0 Å². The molecule has 18 heavy (non-hydrogen) atoms. The minimum absolute atomic E-state index is 0.276. The fourth-order valence-electron chi connectivity index (χ4n) is 1.57. The van der Waals surface area contributed by atoms with Gasteiger partial charge < -0.3 is 10.1 Å². The number of rotatable bonds is 4. The Morgan fingerprint density at radius 1 is 1.28 bits per heavy atom. The molecule has 1 heterocycles. The molecule has 0 aliphatic rings. The van der Waals surface area contributed by atoms with Gasteiger partial charge in [0.05, 0.1) is 0 Å². The first kappa shape index (κ1) is 13.1. The van der Waals surface area contributed by atoms with Crippen molar-refractivity contribution in [2.24, 2.45) is 0 Å². The zero-order valence-corrected chi connectivity index (χ0v) is 11.9. The molecule has 0 aliphatic heterocycles. The highest BCUT2D eigenvalue weighted by molar-refractivity contribution is 9.10. The maximum atomic E-state index is 5.73. The van der Waals surface area contributed by atoms with Gasteiger partial charge in [-0.3, -0.25) is 0 Å². The standard InChI is InChI=1S/C14H15BrN2O/c1-10(16-2)11-6-7-17-14(8-11)18-13-5-3-4-12(15)9-13/h3-10,16H,1-2H3. The Labute approximate surface area is 115 Å². The summed E-state index contributed by atoms with van der Waals surface area (Å²) in [6.07, 6.45) is 1.76. The molecule has 1 unspecified atom stereocenters. The lowest BCUT2D eigenvalue weighted by Crippen LogP contribution is -2.12. The van der Waals surface area contributed by atoms with Crippen LogP contribution in [0.5, 0.6) is 11.6 Å². The number of nitrogens with one attached hydrogen (secondary N) is 1. The number of ether oxygens (including phenoxy) is 1. The SMILES string of the molecule is CNC(C)c1ccnc(Oc2cccc(Br)c2)c1. The van der Waals surface area contributed by atoms with Crippen LogP contribution < -0.4 is 10.1 Å². The van der Waals surface area contributed by atoms with Crippen molar-refractivity contribution in [1.82, 2.24) is 10.3 Å². The van der Waals surface area contributed by atoms with Gasteiger partial charge in [0.2, 0.25) is 5.88 Å². The van der Waals surface area contributed by atoms with Crippen LogP contribution in [0.25, 0.3) is 0 Å². The summed E-state index contributed by atoms with van der Waals surface area (Å²) in [5.41, 5.74) is 1.15. The summed E-state index contributed by atoms with van der Waals surface area (Å²) in [4.78, 5) is 4.22. The third-order valence-electron chi connectivity index (χ3n) is 2.71. The van der Waals surface area contributed by atoms with Crippen LogP contribution >= 0.6 is 15.9 Å². The fourth-order valence-corrected chi connectivity index (χ4v) is 1.95. The van der Waals surface area contributed by atoms with Crippen molar-refractivity contribution in [3.05, 3.63) is 52.6 Å². The van der Waals surface area contributed by atoms with E-state index in [-0.39, 0.29) is 6.04 Å². The Morgan fingerprint density at radius 2 is 2.11 bits per heavy atom. The van der Waals surface area contributed by atoms with E-state index >= 15 is 0 Å². The topological polar surface area (TPSA) is 34.2 Å². The Bertz CT molecular complexity index is 531. The molecule has 4 heteroatoms. The summed E-state index contributed by atoms with van der Waals surface area (Å²) >= 11 is 3.41. The third-order valence-corrected chi connectivity index (χ3v) is 3.20. The molecule has 94 valence electrons. The number of benzene rings is 1. The van der Waals surface area contributed by atoms with Crippen LogP contribution in [0.4, 0.5) is 0 Å². The minimum Gasteiger partial charge on any atom is -0.439 e. The molecule has 3 nitrogen and oxygen atoms in total. The summed E-state index contributed by atoms with van der Waals surface area (Å²) in [6.45, 7) is 2.10. The highest BCUT2D eigenvalue weighted by atomic mass is 79.9. The van der Waals surface area contributed by atoms with Crippen LogP contribution in [-0.4, -0.2) is 12.0 Å². The summed E-state index contributed by atoms with van der Waals surface area (Å²) in [6, 6.07) is 11.9.